The maximum absolute atomic E-state index is 11.4. The van der Waals surface area contributed by atoms with Gasteiger partial charge in [-0.25, -0.2) is 0 Å². The smallest absolute Gasteiger partial charge is 0.323 e. The fourth-order valence-electron chi connectivity index (χ4n) is 3.55. The van der Waals surface area contributed by atoms with Gasteiger partial charge in [0.15, 0.2) is 0 Å². The molecular formula is C14H26N2O2. The zero-order chi connectivity index (χ0) is 13.2. The minimum Gasteiger partial charge on any atom is -0.480 e. The van der Waals surface area contributed by atoms with Crippen LogP contribution in [0.5, 0.6) is 0 Å². The Kier molecular flexibility index (Phi) is 4.28. The number of rotatable bonds is 5. The highest BCUT2D eigenvalue weighted by molar-refractivity contribution is 5.78. The Labute approximate surface area is 110 Å². The molecule has 2 N–H and O–H groups in total. The van der Waals surface area contributed by atoms with E-state index in [2.05, 4.69) is 10.2 Å². The first-order chi connectivity index (χ1) is 8.55. The average molecular weight is 254 g/mol. The summed E-state index contributed by atoms with van der Waals surface area (Å²) in [4.78, 5) is 14.0. The summed E-state index contributed by atoms with van der Waals surface area (Å²) in [6, 6.07) is 1.06. The van der Waals surface area contributed by atoms with Crippen LogP contribution in [0.15, 0.2) is 0 Å². The van der Waals surface area contributed by atoms with E-state index in [1.807, 2.05) is 13.8 Å². The highest BCUT2D eigenvalue weighted by Crippen LogP contribution is 2.28. The van der Waals surface area contributed by atoms with Crippen molar-refractivity contribution in [1.82, 2.24) is 10.2 Å². The molecule has 0 aromatic heterocycles. The van der Waals surface area contributed by atoms with Crippen molar-refractivity contribution in [3.05, 3.63) is 0 Å². The first kappa shape index (κ1) is 13.8. The van der Waals surface area contributed by atoms with Crippen molar-refractivity contribution in [3.63, 3.8) is 0 Å². The molecule has 0 saturated carbocycles. The monoisotopic (exact) mass is 254 g/mol. The van der Waals surface area contributed by atoms with Crippen LogP contribution >= 0.6 is 0 Å². The van der Waals surface area contributed by atoms with Crippen LogP contribution in [0, 0.1) is 0 Å². The Balaban J connectivity index is 1.93. The maximum Gasteiger partial charge on any atom is 0.323 e. The number of carbonyl (C=O) groups is 1. The summed E-state index contributed by atoms with van der Waals surface area (Å²) in [6.07, 6.45) is 6.40. The van der Waals surface area contributed by atoms with Gasteiger partial charge in [-0.05, 0) is 52.1 Å². The van der Waals surface area contributed by atoms with Gasteiger partial charge >= 0.3 is 5.97 Å². The van der Waals surface area contributed by atoms with Crippen LogP contribution in [0.2, 0.25) is 0 Å². The van der Waals surface area contributed by atoms with Crippen LogP contribution < -0.4 is 5.32 Å². The molecule has 2 aliphatic heterocycles. The number of nitrogens with zero attached hydrogens (tertiary/aromatic N) is 1. The molecule has 2 aliphatic rings. The van der Waals surface area contributed by atoms with E-state index in [1.165, 1.54) is 19.4 Å². The number of piperidine rings is 1. The molecule has 0 aromatic carbocycles. The zero-order valence-corrected chi connectivity index (χ0v) is 11.6. The number of carboxylic acids is 1. The molecule has 4 heteroatoms. The fraction of sp³-hybridized carbons (Fsp3) is 0.929. The van der Waals surface area contributed by atoms with Crippen LogP contribution in [-0.2, 0) is 4.79 Å². The van der Waals surface area contributed by atoms with E-state index in [0.717, 1.165) is 25.8 Å². The Morgan fingerprint density at radius 1 is 1.44 bits per heavy atom. The lowest BCUT2D eigenvalue weighted by atomic mass is 9.90. The molecule has 2 saturated heterocycles. The van der Waals surface area contributed by atoms with E-state index in [-0.39, 0.29) is 0 Å². The Bertz CT molecular complexity index is 308. The van der Waals surface area contributed by atoms with Crippen molar-refractivity contribution in [2.45, 2.75) is 70.0 Å². The second kappa shape index (κ2) is 5.57. The van der Waals surface area contributed by atoms with Gasteiger partial charge in [0.1, 0.15) is 5.54 Å². The summed E-state index contributed by atoms with van der Waals surface area (Å²) in [5.41, 5.74) is -0.750. The first-order valence-electron chi connectivity index (χ1n) is 7.30. The van der Waals surface area contributed by atoms with Gasteiger partial charge < -0.3 is 10.0 Å². The van der Waals surface area contributed by atoms with Gasteiger partial charge in [0.2, 0.25) is 0 Å². The molecule has 104 valence electrons. The molecule has 18 heavy (non-hydrogen) atoms. The van der Waals surface area contributed by atoms with Crippen molar-refractivity contribution in [1.29, 1.82) is 0 Å². The zero-order valence-electron chi connectivity index (χ0n) is 11.6. The molecule has 0 radical (unpaired) electrons. The summed E-state index contributed by atoms with van der Waals surface area (Å²) in [5, 5.41) is 12.8. The lowest BCUT2D eigenvalue weighted by Gasteiger charge is -2.39. The molecule has 3 atom stereocenters. The van der Waals surface area contributed by atoms with Crippen LogP contribution in [0.3, 0.4) is 0 Å². The third-order valence-electron chi connectivity index (χ3n) is 4.57. The van der Waals surface area contributed by atoms with Crippen molar-refractivity contribution in [2.75, 3.05) is 13.1 Å². The van der Waals surface area contributed by atoms with Crippen LogP contribution in [-0.4, -0.2) is 46.7 Å². The van der Waals surface area contributed by atoms with Gasteiger partial charge in [-0.2, -0.15) is 0 Å². The molecular weight excluding hydrogens is 228 g/mol. The molecule has 4 nitrogen and oxygen atoms in total. The number of hydrogen-bond acceptors (Lipinski definition) is 3. The Morgan fingerprint density at radius 3 is 2.89 bits per heavy atom. The largest absolute Gasteiger partial charge is 0.480 e. The molecule has 2 heterocycles. The van der Waals surface area contributed by atoms with Crippen LogP contribution in [0.25, 0.3) is 0 Å². The quantitative estimate of drug-likeness (QED) is 0.786. The summed E-state index contributed by atoms with van der Waals surface area (Å²) in [5.74, 6) is -0.710. The summed E-state index contributed by atoms with van der Waals surface area (Å²) in [6.45, 7) is 6.25. The number of nitrogens with one attached hydrogen (secondary N) is 1. The second-order valence-corrected chi connectivity index (χ2v) is 6.08. The Morgan fingerprint density at radius 2 is 2.22 bits per heavy atom. The van der Waals surface area contributed by atoms with Gasteiger partial charge in [0.25, 0.3) is 0 Å². The van der Waals surface area contributed by atoms with Gasteiger partial charge in [-0.15, -0.1) is 0 Å². The van der Waals surface area contributed by atoms with Gasteiger partial charge in [0, 0.05) is 12.1 Å². The van der Waals surface area contributed by atoms with Crippen molar-refractivity contribution >= 4 is 5.97 Å². The first-order valence-corrected chi connectivity index (χ1v) is 7.30. The molecule has 0 spiro atoms. The van der Waals surface area contributed by atoms with Gasteiger partial charge in [0.05, 0.1) is 0 Å². The van der Waals surface area contributed by atoms with E-state index in [4.69, 9.17) is 0 Å². The lowest BCUT2D eigenvalue weighted by Crippen LogP contribution is -2.57. The van der Waals surface area contributed by atoms with E-state index < -0.39 is 11.5 Å². The Hall–Kier alpha value is -0.610. The fourth-order valence-corrected chi connectivity index (χ4v) is 3.55. The molecule has 0 bridgehead atoms. The predicted octanol–water partition coefficient (Wildman–Crippen LogP) is 1.85. The lowest BCUT2D eigenvalue weighted by molar-refractivity contribution is -0.145. The van der Waals surface area contributed by atoms with Crippen molar-refractivity contribution in [2.24, 2.45) is 0 Å². The number of fused-ring (bicyclic) bond motifs is 1. The van der Waals surface area contributed by atoms with Gasteiger partial charge in [-0.3, -0.25) is 10.1 Å². The molecule has 0 aromatic rings. The minimum absolute atomic E-state index is 0.372. The van der Waals surface area contributed by atoms with E-state index in [1.54, 1.807) is 0 Å². The normalized spacial score (nSPS) is 31.9. The second-order valence-electron chi connectivity index (χ2n) is 6.08. The SMILES string of the molecule is CCCC(C)(NC1CCN2CCCC2C1)C(=O)O. The number of hydrogen-bond donors (Lipinski definition) is 2. The molecule has 0 amide bonds. The van der Waals surface area contributed by atoms with E-state index in [0.29, 0.717) is 18.5 Å². The standard InChI is InChI=1S/C14H26N2O2/c1-3-7-14(2,13(17)18)15-11-6-9-16-8-4-5-12(16)10-11/h11-12,15H,3-10H2,1-2H3,(H,17,18). The van der Waals surface area contributed by atoms with Crippen molar-refractivity contribution < 1.29 is 9.90 Å². The third-order valence-corrected chi connectivity index (χ3v) is 4.57. The summed E-state index contributed by atoms with van der Waals surface area (Å²) >= 11 is 0. The minimum atomic E-state index is -0.750. The molecule has 2 rings (SSSR count). The summed E-state index contributed by atoms with van der Waals surface area (Å²) in [7, 11) is 0. The average Bonchev–Trinajstić information content (AvgIpc) is 2.76. The van der Waals surface area contributed by atoms with Crippen LogP contribution in [0.4, 0.5) is 0 Å². The number of aliphatic carboxylic acids is 1. The van der Waals surface area contributed by atoms with Crippen molar-refractivity contribution in [3.8, 4) is 0 Å². The number of carboxylic acid groups (broad SMARTS) is 1. The molecule has 0 aliphatic carbocycles. The molecule has 3 unspecified atom stereocenters. The van der Waals surface area contributed by atoms with E-state index in [9.17, 15) is 9.90 Å². The maximum atomic E-state index is 11.4. The molecule has 2 fully saturated rings. The third kappa shape index (κ3) is 2.86. The summed E-state index contributed by atoms with van der Waals surface area (Å²) < 4.78 is 0. The highest BCUT2D eigenvalue weighted by atomic mass is 16.4. The van der Waals surface area contributed by atoms with Crippen LogP contribution in [0.1, 0.15) is 52.4 Å². The van der Waals surface area contributed by atoms with E-state index >= 15 is 0 Å². The van der Waals surface area contributed by atoms with Gasteiger partial charge in [-0.1, -0.05) is 13.3 Å². The predicted molar refractivity (Wildman–Crippen MR) is 71.7 cm³/mol. The highest BCUT2D eigenvalue weighted by Gasteiger charge is 2.38. The topological polar surface area (TPSA) is 52.6 Å².